The van der Waals surface area contributed by atoms with Crippen molar-refractivity contribution >= 4 is 15.9 Å². The summed E-state index contributed by atoms with van der Waals surface area (Å²) in [5, 5.41) is 6.84. The highest BCUT2D eigenvalue weighted by Crippen LogP contribution is 2.29. The molecule has 8 heteroatoms. The van der Waals surface area contributed by atoms with Gasteiger partial charge in [0.05, 0.1) is 6.61 Å². The lowest BCUT2D eigenvalue weighted by Crippen LogP contribution is -2.33. The molecule has 0 amide bonds. The Morgan fingerprint density at radius 1 is 1.30 bits per heavy atom. The Morgan fingerprint density at radius 3 is 2.70 bits per heavy atom. The summed E-state index contributed by atoms with van der Waals surface area (Å²) in [6.45, 7) is 1.80. The normalized spacial score (nSPS) is 19.2. The van der Waals surface area contributed by atoms with Crippen LogP contribution in [0.25, 0.3) is 11.5 Å². The topological polar surface area (TPSA) is 60.2 Å². The zero-order valence-electron chi connectivity index (χ0n) is 10.2. The molecule has 3 rings (SSSR count). The fourth-order valence-corrected chi connectivity index (χ4v) is 2.35. The predicted octanol–water partition coefficient (Wildman–Crippen LogP) is 2.44. The number of morpholine rings is 1. The average Bonchev–Trinajstić information content (AvgIpc) is 2.88. The lowest BCUT2D eigenvalue weighted by molar-refractivity contribution is 0.0208. The molecule has 0 spiro atoms. The second kappa shape index (κ2) is 5.55. The van der Waals surface area contributed by atoms with Crippen LogP contribution >= 0.6 is 15.9 Å². The van der Waals surface area contributed by atoms with E-state index >= 15 is 0 Å². The second-order valence-electron chi connectivity index (χ2n) is 4.27. The van der Waals surface area contributed by atoms with Gasteiger partial charge in [-0.05, 0) is 12.1 Å². The van der Waals surface area contributed by atoms with Gasteiger partial charge in [-0.15, -0.1) is 0 Å². The van der Waals surface area contributed by atoms with E-state index in [1.165, 1.54) is 0 Å². The summed E-state index contributed by atoms with van der Waals surface area (Å²) in [4.78, 5) is 4.02. The second-order valence-corrected chi connectivity index (χ2v) is 5.18. The molecule has 1 aliphatic rings. The number of halogens is 3. The van der Waals surface area contributed by atoms with Gasteiger partial charge < -0.3 is 14.6 Å². The third-order valence-corrected chi connectivity index (χ3v) is 3.34. The zero-order valence-corrected chi connectivity index (χ0v) is 11.8. The fourth-order valence-electron chi connectivity index (χ4n) is 1.94. The Hall–Kier alpha value is -1.38. The minimum atomic E-state index is -0.769. The standard InChI is InChI=1S/C12H10BrF2N3O2/c13-6-3-7(14)10(8(15)4-6)12-17-11(18-20-12)9-5-16-1-2-19-9/h3-4,9,16H,1-2,5H2. The molecule has 1 aliphatic heterocycles. The Morgan fingerprint density at radius 2 is 2.05 bits per heavy atom. The molecule has 1 aromatic carbocycles. The van der Waals surface area contributed by atoms with Gasteiger partial charge in [0.15, 0.2) is 0 Å². The van der Waals surface area contributed by atoms with Crippen LogP contribution in [0.3, 0.4) is 0 Å². The first-order chi connectivity index (χ1) is 9.65. The number of aromatic nitrogens is 2. The van der Waals surface area contributed by atoms with Crippen molar-refractivity contribution in [3.8, 4) is 11.5 Å². The van der Waals surface area contributed by atoms with Crippen LogP contribution in [-0.4, -0.2) is 29.8 Å². The highest BCUT2D eigenvalue weighted by molar-refractivity contribution is 9.10. The van der Waals surface area contributed by atoms with Gasteiger partial charge in [0.2, 0.25) is 5.82 Å². The molecular weight excluding hydrogens is 336 g/mol. The van der Waals surface area contributed by atoms with Gasteiger partial charge in [0.25, 0.3) is 5.89 Å². The number of nitrogens with zero attached hydrogens (tertiary/aromatic N) is 2. The lowest BCUT2D eigenvalue weighted by Gasteiger charge is -2.20. The van der Waals surface area contributed by atoms with Crippen LogP contribution in [-0.2, 0) is 4.74 Å². The van der Waals surface area contributed by atoms with Crippen molar-refractivity contribution in [3.63, 3.8) is 0 Å². The average molecular weight is 346 g/mol. The number of benzene rings is 1. The summed E-state index contributed by atoms with van der Waals surface area (Å²) in [5.41, 5.74) is -0.337. The summed E-state index contributed by atoms with van der Waals surface area (Å²) >= 11 is 3.01. The Kier molecular flexibility index (Phi) is 3.77. The van der Waals surface area contributed by atoms with Crippen molar-refractivity contribution in [1.82, 2.24) is 15.5 Å². The molecule has 1 atom stereocenters. The van der Waals surface area contributed by atoms with Crippen molar-refractivity contribution in [2.45, 2.75) is 6.10 Å². The summed E-state index contributed by atoms with van der Waals surface area (Å²) in [6.07, 6.45) is -0.372. The van der Waals surface area contributed by atoms with Gasteiger partial charge in [-0.1, -0.05) is 21.1 Å². The zero-order chi connectivity index (χ0) is 14.1. The summed E-state index contributed by atoms with van der Waals surface area (Å²) in [6, 6.07) is 2.28. The van der Waals surface area contributed by atoms with Crippen LogP contribution in [0.15, 0.2) is 21.1 Å². The van der Waals surface area contributed by atoms with Gasteiger partial charge in [-0.25, -0.2) is 8.78 Å². The number of nitrogens with one attached hydrogen (secondary N) is 1. The maximum atomic E-state index is 13.8. The van der Waals surface area contributed by atoms with Crippen molar-refractivity contribution in [1.29, 1.82) is 0 Å². The van der Waals surface area contributed by atoms with E-state index < -0.39 is 11.6 Å². The molecule has 1 unspecified atom stereocenters. The first-order valence-corrected chi connectivity index (χ1v) is 6.75. The molecule has 2 heterocycles. The fraction of sp³-hybridized carbons (Fsp3) is 0.333. The third-order valence-electron chi connectivity index (χ3n) is 2.88. The van der Waals surface area contributed by atoms with Crippen molar-refractivity contribution in [2.24, 2.45) is 0 Å². The van der Waals surface area contributed by atoms with Gasteiger partial charge in [0, 0.05) is 17.6 Å². The maximum Gasteiger partial charge on any atom is 0.263 e. The molecule has 1 N–H and O–H groups in total. The van der Waals surface area contributed by atoms with E-state index in [9.17, 15) is 8.78 Å². The van der Waals surface area contributed by atoms with Crippen molar-refractivity contribution < 1.29 is 18.0 Å². The van der Waals surface area contributed by atoms with Crippen molar-refractivity contribution in [3.05, 3.63) is 34.1 Å². The lowest BCUT2D eigenvalue weighted by atomic mass is 10.2. The largest absolute Gasteiger partial charge is 0.367 e. The number of ether oxygens (including phenoxy) is 1. The molecule has 1 fully saturated rings. The minimum absolute atomic E-state index is 0.198. The number of hydrogen-bond acceptors (Lipinski definition) is 5. The van der Waals surface area contributed by atoms with E-state index in [-0.39, 0.29) is 23.4 Å². The van der Waals surface area contributed by atoms with Crippen LogP contribution in [0.5, 0.6) is 0 Å². The Bertz CT molecular complexity index is 606. The van der Waals surface area contributed by atoms with Gasteiger partial charge in [0.1, 0.15) is 23.3 Å². The molecule has 0 aliphatic carbocycles. The molecular formula is C12H10BrF2N3O2. The summed E-state index contributed by atoms with van der Waals surface area (Å²) in [5.74, 6) is -1.46. The van der Waals surface area contributed by atoms with Crippen LogP contribution in [0.4, 0.5) is 8.78 Å². The van der Waals surface area contributed by atoms with E-state index in [1.54, 1.807) is 0 Å². The molecule has 1 saturated heterocycles. The van der Waals surface area contributed by atoms with E-state index in [4.69, 9.17) is 9.26 Å². The van der Waals surface area contributed by atoms with Crippen LogP contribution < -0.4 is 5.32 Å². The first-order valence-electron chi connectivity index (χ1n) is 5.96. The van der Waals surface area contributed by atoms with Crippen LogP contribution in [0.1, 0.15) is 11.9 Å². The SMILES string of the molecule is Fc1cc(Br)cc(F)c1-c1nc(C2CNCCO2)no1. The van der Waals surface area contributed by atoms with Gasteiger partial charge in [-0.2, -0.15) is 4.98 Å². The summed E-state index contributed by atoms with van der Waals surface area (Å²) in [7, 11) is 0. The number of rotatable bonds is 2. The summed E-state index contributed by atoms with van der Waals surface area (Å²) < 4.78 is 38.3. The molecule has 0 radical (unpaired) electrons. The molecule has 1 aromatic heterocycles. The van der Waals surface area contributed by atoms with Gasteiger partial charge in [-0.3, -0.25) is 0 Å². The first kappa shape index (κ1) is 13.6. The van der Waals surface area contributed by atoms with E-state index in [0.717, 1.165) is 18.7 Å². The molecule has 5 nitrogen and oxygen atoms in total. The maximum absolute atomic E-state index is 13.8. The van der Waals surface area contributed by atoms with Crippen LogP contribution in [0, 0.1) is 11.6 Å². The van der Waals surface area contributed by atoms with E-state index in [1.807, 2.05) is 0 Å². The third kappa shape index (κ3) is 2.58. The van der Waals surface area contributed by atoms with Crippen LogP contribution in [0.2, 0.25) is 0 Å². The highest BCUT2D eigenvalue weighted by Gasteiger charge is 2.24. The predicted molar refractivity (Wildman–Crippen MR) is 68.9 cm³/mol. The smallest absolute Gasteiger partial charge is 0.263 e. The Balaban J connectivity index is 1.94. The molecule has 20 heavy (non-hydrogen) atoms. The van der Waals surface area contributed by atoms with E-state index in [2.05, 4.69) is 31.4 Å². The molecule has 106 valence electrons. The number of hydrogen-bond donors (Lipinski definition) is 1. The highest BCUT2D eigenvalue weighted by atomic mass is 79.9. The monoisotopic (exact) mass is 345 g/mol. The van der Waals surface area contributed by atoms with Crippen molar-refractivity contribution in [2.75, 3.05) is 19.7 Å². The molecule has 0 saturated carbocycles. The molecule has 2 aromatic rings. The minimum Gasteiger partial charge on any atom is -0.367 e. The van der Waals surface area contributed by atoms with Gasteiger partial charge >= 0.3 is 0 Å². The van der Waals surface area contributed by atoms with E-state index in [0.29, 0.717) is 17.6 Å². The Labute approximate surface area is 121 Å². The quantitative estimate of drug-likeness (QED) is 0.905. The molecule has 0 bridgehead atoms.